The first-order valence-electron chi connectivity index (χ1n) is 9.67. The van der Waals surface area contributed by atoms with E-state index < -0.39 is 0 Å². The molecule has 2 aromatic rings. The van der Waals surface area contributed by atoms with Crippen molar-refractivity contribution in [3.05, 3.63) is 40.1 Å². The van der Waals surface area contributed by atoms with Crippen LogP contribution in [0, 0.1) is 0 Å². The number of nitrogens with zero attached hydrogens (tertiary/aromatic N) is 2. The van der Waals surface area contributed by atoms with Crippen molar-refractivity contribution in [3.63, 3.8) is 0 Å². The molecule has 1 aromatic carbocycles. The van der Waals surface area contributed by atoms with Gasteiger partial charge in [-0.15, -0.1) is 0 Å². The first-order chi connectivity index (χ1) is 13.5. The van der Waals surface area contributed by atoms with Crippen LogP contribution < -0.4 is 10.6 Å². The van der Waals surface area contributed by atoms with Crippen LogP contribution in [0.2, 0.25) is 0 Å². The van der Waals surface area contributed by atoms with Crippen molar-refractivity contribution < 1.29 is 9.59 Å². The molecular weight excluding hydrogens is 422 g/mol. The highest BCUT2D eigenvalue weighted by atomic mass is 79.9. The number of anilines is 2. The van der Waals surface area contributed by atoms with Gasteiger partial charge in [0.25, 0.3) is 5.91 Å². The average molecular weight is 448 g/mol. The van der Waals surface area contributed by atoms with Crippen molar-refractivity contribution in [2.45, 2.75) is 45.4 Å². The number of carbonyl (C=O) groups is 2. The molecule has 2 heterocycles. The van der Waals surface area contributed by atoms with Crippen molar-refractivity contribution in [3.8, 4) is 0 Å². The number of H-pyrrole nitrogens is 1. The Hall–Kier alpha value is -2.35. The van der Waals surface area contributed by atoms with E-state index in [0.717, 1.165) is 31.6 Å². The van der Waals surface area contributed by atoms with Gasteiger partial charge in [0.15, 0.2) is 5.69 Å². The number of hydrogen-bond donors (Lipinski definition) is 3. The number of hydrogen-bond acceptors (Lipinski definition) is 3. The Balaban J connectivity index is 1.59. The molecule has 1 saturated heterocycles. The molecule has 3 amide bonds. The maximum Gasteiger partial charge on any atom is 0.321 e. The lowest BCUT2D eigenvalue weighted by molar-refractivity contribution is 0.102. The van der Waals surface area contributed by atoms with Gasteiger partial charge >= 0.3 is 6.03 Å². The quantitative estimate of drug-likeness (QED) is 0.618. The van der Waals surface area contributed by atoms with Crippen LogP contribution in [0.1, 0.15) is 61.6 Å². The molecular formula is C20H26BrN5O2. The third-order valence-corrected chi connectivity index (χ3v) is 5.62. The van der Waals surface area contributed by atoms with E-state index in [1.807, 2.05) is 18.7 Å². The molecule has 0 unspecified atom stereocenters. The van der Waals surface area contributed by atoms with Gasteiger partial charge in [-0.2, -0.15) is 5.10 Å². The highest BCUT2D eigenvalue weighted by Gasteiger charge is 2.19. The van der Waals surface area contributed by atoms with Gasteiger partial charge in [-0.1, -0.05) is 26.7 Å². The van der Waals surface area contributed by atoms with E-state index in [9.17, 15) is 9.59 Å². The van der Waals surface area contributed by atoms with Gasteiger partial charge in [0.2, 0.25) is 0 Å². The van der Waals surface area contributed by atoms with Crippen molar-refractivity contribution in [2.24, 2.45) is 0 Å². The van der Waals surface area contributed by atoms with Gasteiger partial charge in [-0.25, -0.2) is 4.79 Å². The van der Waals surface area contributed by atoms with Crippen molar-refractivity contribution in [1.29, 1.82) is 0 Å². The van der Waals surface area contributed by atoms with Crippen LogP contribution in [-0.2, 0) is 0 Å². The monoisotopic (exact) mass is 447 g/mol. The Morgan fingerprint density at radius 2 is 1.61 bits per heavy atom. The molecule has 7 nitrogen and oxygen atoms in total. The predicted molar refractivity (Wildman–Crippen MR) is 114 cm³/mol. The maximum absolute atomic E-state index is 12.5. The summed E-state index contributed by atoms with van der Waals surface area (Å²) in [5.74, 6) is -0.0631. The molecule has 0 aliphatic carbocycles. The average Bonchev–Trinajstić information content (AvgIpc) is 2.88. The summed E-state index contributed by atoms with van der Waals surface area (Å²) in [6, 6.07) is 7.02. The molecule has 0 saturated carbocycles. The summed E-state index contributed by atoms with van der Waals surface area (Å²) in [6.07, 6.45) is 4.48. The lowest BCUT2D eigenvalue weighted by Crippen LogP contribution is -2.35. The van der Waals surface area contributed by atoms with Gasteiger partial charge < -0.3 is 15.5 Å². The van der Waals surface area contributed by atoms with Crippen molar-refractivity contribution in [1.82, 2.24) is 15.1 Å². The Morgan fingerprint density at radius 1 is 1.04 bits per heavy atom. The van der Waals surface area contributed by atoms with E-state index in [1.54, 1.807) is 24.3 Å². The van der Waals surface area contributed by atoms with Crippen molar-refractivity contribution in [2.75, 3.05) is 23.7 Å². The normalized spacial score (nSPS) is 14.6. The fourth-order valence-corrected chi connectivity index (χ4v) is 3.99. The van der Waals surface area contributed by atoms with E-state index in [4.69, 9.17) is 0 Å². The molecule has 28 heavy (non-hydrogen) atoms. The van der Waals surface area contributed by atoms with E-state index in [2.05, 4.69) is 36.8 Å². The topological polar surface area (TPSA) is 90.1 Å². The lowest BCUT2D eigenvalue weighted by Gasteiger charge is -2.20. The predicted octanol–water partition coefficient (Wildman–Crippen LogP) is 4.96. The zero-order valence-electron chi connectivity index (χ0n) is 16.2. The van der Waals surface area contributed by atoms with Crippen LogP contribution in [0.15, 0.2) is 28.7 Å². The standard InChI is InChI=1S/C20H26BrN5O2/c1-13(2)17-16(21)18(25-24-17)19(27)22-14-7-9-15(10-8-14)23-20(28)26-11-5-3-4-6-12-26/h7-10,13H,3-6,11-12H2,1-2H3,(H,22,27)(H,23,28)(H,24,25). The molecule has 3 rings (SSSR count). The first kappa shape index (κ1) is 20.4. The Kier molecular flexibility index (Phi) is 6.72. The molecule has 150 valence electrons. The SMILES string of the molecule is CC(C)c1[nH]nc(C(=O)Nc2ccc(NC(=O)N3CCCCCC3)cc2)c1Br. The largest absolute Gasteiger partial charge is 0.325 e. The van der Waals surface area contributed by atoms with Gasteiger partial charge in [0.05, 0.1) is 10.2 Å². The van der Waals surface area contributed by atoms with Crippen LogP contribution in [0.5, 0.6) is 0 Å². The Labute approximate surface area is 173 Å². The van der Waals surface area contributed by atoms with Crippen LogP contribution in [0.4, 0.5) is 16.2 Å². The molecule has 0 bridgehead atoms. The zero-order chi connectivity index (χ0) is 20.1. The maximum atomic E-state index is 12.5. The van der Waals surface area contributed by atoms with Gasteiger partial charge in [0, 0.05) is 24.5 Å². The van der Waals surface area contributed by atoms with Crippen LogP contribution >= 0.6 is 15.9 Å². The highest BCUT2D eigenvalue weighted by molar-refractivity contribution is 9.10. The number of halogens is 1. The number of aromatic nitrogens is 2. The van der Waals surface area contributed by atoms with E-state index in [1.165, 1.54) is 12.8 Å². The second-order valence-electron chi connectivity index (χ2n) is 7.32. The summed E-state index contributed by atoms with van der Waals surface area (Å²) >= 11 is 3.44. The van der Waals surface area contributed by atoms with Gasteiger partial charge in [-0.05, 0) is 59.0 Å². The number of amides is 3. The summed E-state index contributed by atoms with van der Waals surface area (Å²) in [7, 11) is 0. The van der Waals surface area contributed by atoms with E-state index >= 15 is 0 Å². The van der Waals surface area contributed by atoms with Gasteiger partial charge in [0.1, 0.15) is 0 Å². The fraction of sp³-hybridized carbons (Fsp3) is 0.450. The Morgan fingerprint density at radius 3 is 2.14 bits per heavy atom. The lowest BCUT2D eigenvalue weighted by atomic mass is 10.1. The van der Waals surface area contributed by atoms with Crippen LogP contribution in [0.25, 0.3) is 0 Å². The second-order valence-corrected chi connectivity index (χ2v) is 8.11. The first-order valence-corrected chi connectivity index (χ1v) is 10.5. The minimum Gasteiger partial charge on any atom is -0.325 e. The molecule has 1 fully saturated rings. The number of likely N-dealkylation sites (tertiary alicyclic amines) is 1. The molecule has 1 aliphatic heterocycles. The zero-order valence-corrected chi connectivity index (χ0v) is 17.8. The van der Waals surface area contributed by atoms with Gasteiger partial charge in [-0.3, -0.25) is 9.89 Å². The molecule has 0 radical (unpaired) electrons. The van der Waals surface area contributed by atoms with E-state index in [0.29, 0.717) is 21.5 Å². The molecule has 1 aromatic heterocycles. The smallest absolute Gasteiger partial charge is 0.321 e. The number of nitrogens with one attached hydrogen (secondary N) is 3. The minimum absolute atomic E-state index is 0.0691. The number of benzene rings is 1. The van der Waals surface area contributed by atoms with E-state index in [-0.39, 0.29) is 17.9 Å². The molecule has 1 aliphatic rings. The van der Waals surface area contributed by atoms with Crippen LogP contribution in [-0.4, -0.2) is 40.1 Å². The number of urea groups is 1. The summed E-state index contributed by atoms with van der Waals surface area (Å²) in [6.45, 7) is 5.66. The molecule has 0 atom stereocenters. The summed E-state index contributed by atoms with van der Waals surface area (Å²) in [5, 5.41) is 12.8. The molecule has 8 heteroatoms. The molecule has 0 spiro atoms. The summed E-state index contributed by atoms with van der Waals surface area (Å²) < 4.78 is 0.682. The minimum atomic E-state index is -0.295. The third kappa shape index (κ3) is 4.92. The number of rotatable bonds is 4. The highest BCUT2D eigenvalue weighted by Crippen LogP contribution is 2.26. The van der Waals surface area contributed by atoms with Crippen molar-refractivity contribution >= 4 is 39.2 Å². The number of aromatic amines is 1. The third-order valence-electron chi connectivity index (χ3n) is 4.81. The Bertz CT molecular complexity index is 824. The second kappa shape index (κ2) is 9.23. The fourth-order valence-electron chi connectivity index (χ4n) is 3.18. The van der Waals surface area contributed by atoms with Crippen LogP contribution in [0.3, 0.4) is 0 Å². The number of carbonyl (C=O) groups excluding carboxylic acids is 2. The summed E-state index contributed by atoms with van der Waals surface area (Å²) in [4.78, 5) is 26.7. The molecule has 3 N–H and O–H groups in total. The summed E-state index contributed by atoms with van der Waals surface area (Å²) in [5.41, 5.74) is 2.55.